The van der Waals surface area contributed by atoms with E-state index >= 15 is 0 Å². The molecule has 0 aromatic heterocycles. The van der Waals surface area contributed by atoms with Crippen LogP contribution < -0.4 is 0 Å². The highest BCUT2D eigenvalue weighted by molar-refractivity contribution is 5.58. The third-order valence-electron chi connectivity index (χ3n) is 2.87. The number of hydrogen-bond donors (Lipinski definition) is 0. The average Bonchev–Trinajstić information content (AvgIpc) is 2.32. The lowest BCUT2D eigenvalue weighted by atomic mass is 9.92. The van der Waals surface area contributed by atoms with Crippen LogP contribution in [0.1, 0.15) is 5.56 Å². The molecule has 1 aliphatic rings. The van der Waals surface area contributed by atoms with Gasteiger partial charge in [-0.2, -0.15) is 0 Å². The summed E-state index contributed by atoms with van der Waals surface area (Å²) in [6.45, 7) is 1.06. The zero-order valence-electron chi connectivity index (χ0n) is 10.5. The van der Waals surface area contributed by atoms with Crippen molar-refractivity contribution in [3.05, 3.63) is 65.8 Å². The highest BCUT2D eigenvalue weighted by Crippen LogP contribution is 2.22. The molecular formula is C16H19N. The monoisotopic (exact) mass is 225 g/mol. The van der Waals surface area contributed by atoms with Crippen LogP contribution in [0.25, 0.3) is 6.08 Å². The van der Waals surface area contributed by atoms with E-state index in [1.165, 1.54) is 11.1 Å². The molecular weight excluding hydrogens is 206 g/mol. The molecule has 0 saturated carbocycles. The van der Waals surface area contributed by atoms with Crippen molar-refractivity contribution in [2.45, 2.75) is 0 Å². The predicted molar refractivity (Wildman–Crippen MR) is 74.7 cm³/mol. The Hall–Kier alpha value is -1.60. The maximum atomic E-state index is 2.27. The van der Waals surface area contributed by atoms with Gasteiger partial charge in [-0.25, -0.2) is 0 Å². The van der Waals surface area contributed by atoms with Gasteiger partial charge in [0.05, 0.1) is 0 Å². The number of hydrogen-bond acceptors (Lipinski definition) is 1. The highest BCUT2D eigenvalue weighted by Gasteiger charge is 2.12. The van der Waals surface area contributed by atoms with Crippen molar-refractivity contribution in [3.63, 3.8) is 0 Å². The minimum Gasteiger partial charge on any atom is -0.308 e. The van der Waals surface area contributed by atoms with E-state index in [0.29, 0.717) is 5.92 Å². The van der Waals surface area contributed by atoms with Gasteiger partial charge >= 0.3 is 0 Å². The largest absolute Gasteiger partial charge is 0.308 e. The van der Waals surface area contributed by atoms with Gasteiger partial charge in [0.1, 0.15) is 0 Å². The summed E-state index contributed by atoms with van der Waals surface area (Å²) in [6, 6.07) is 10.5. The maximum Gasteiger partial charge on any atom is 0.0149 e. The molecule has 0 radical (unpaired) electrons. The van der Waals surface area contributed by atoms with Crippen LogP contribution in [0, 0.1) is 5.92 Å². The van der Waals surface area contributed by atoms with E-state index in [9.17, 15) is 0 Å². The molecule has 0 N–H and O–H groups in total. The van der Waals surface area contributed by atoms with Crippen LogP contribution in [-0.4, -0.2) is 25.5 Å². The third kappa shape index (κ3) is 3.43. The SMILES string of the molecule is CN(C)CC1C=CC=C/C1=C\c1ccccc1. The van der Waals surface area contributed by atoms with E-state index in [2.05, 4.69) is 79.7 Å². The summed E-state index contributed by atoms with van der Waals surface area (Å²) in [6.07, 6.45) is 11.0. The molecule has 88 valence electrons. The molecule has 0 amide bonds. The second-order valence-electron chi connectivity index (χ2n) is 4.67. The minimum absolute atomic E-state index is 0.496. The summed E-state index contributed by atoms with van der Waals surface area (Å²) >= 11 is 0. The zero-order valence-corrected chi connectivity index (χ0v) is 10.5. The molecule has 0 aliphatic heterocycles. The summed E-state index contributed by atoms with van der Waals surface area (Å²) < 4.78 is 0. The van der Waals surface area contributed by atoms with Crippen LogP contribution >= 0.6 is 0 Å². The molecule has 1 heteroatoms. The third-order valence-corrected chi connectivity index (χ3v) is 2.87. The summed E-state index contributed by atoms with van der Waals surface area (Å²) in [5.74, 6) is 0.496. The van der Waals surface area contributed by atoms with Crippen LogP contribution in [0.4, 0.5) is 0 Å². The van der Waals surface area contributed by atoms with Crippen molar-refractivity contribution in [1.82, 2.24) is 4.90 Å². The van der Waals surface area contributed by atoms with E-state index in [-0.39, 0.29) is 0 Å². The Bertz CT molecular complexity index is 438. The Morgan fingerprint density at radius 2 is 1.88 bits per heavy atom. The van der Waals surface area contributed by atoms with Gasteiger partial charge in [-0.1, -0.05) is 60.7 Å². The quantitative estimate of drug-likeness (QED) is 0.762. The Balaban J connectivity index is 2.20. The fraction of sp³-hybridized carbons (Fsp3) is 0.250. The van der Waals surface area contributed by atoms with Crippen molar-refractivity contribution in [2.75, 3.05) is 20.6 Å². The van der Waals surface area contributed by atoms with Crippen LogP contribution in [0.2, 0.25) is 0 Å². The lowest BCUT2D eigenvalue weighted by molar-refractivity contribution is 0.381. The molecule has 0 fully saturated rings. The lowest BCUT2D eigenvalue weighted by Crippen LogP contribution is -2.22. The van der Waals surface area contributed by atoms with Crippen molar-refractivity contribution < 1.29 is 0 Å². The van der Waals surface area contributed by atoms with Crippen molar-refractivity contribution in [3.8, 4) is 0 Å². The number of allylic oxidation sites excluding steroid dienone is 3. The van der Waals surface area contributed by atoms with E-state index in [1.54, 1.807) is 0 Å². The first-order valence-electron chi connectivity index (χ1n) is 6.02. The van der Waals surface area contributed by atoms with E-state index < -0.39 is 0 Å². The first-order valence-corrected chi connectivity index (χ1v) is 6.02. The molecule has 1 aromatic rings. The smallest absolute Gasteiger partial charge is 0.0149 e. The van der Waals surface area contributed by atoms with Crippen molar-refractivity contribution in [1.29, 1.82) is 0 Å². The lowest BCUT2D eigenvalue weighted by Gasteiger charge is -2.21. The number of rotatable bonds is 3. The normalized spacial score (nSPS) is 21.4. The summed E-state index contributed by atoms with van der Waals surface area (Å²) in [5.41, 5.74) is 2.65. The average molecular weight is 225 g/mol. The Kier molecular flexibility index (Phi) is 3.94. The molecule has 1 nitrogen and oxygen atoms in total. The molecule has 17 heavy (non-hydrogen) atoms. The van der Waals surface area contributed by atoms with Gasteiger partial charge < -0.3 is 4.90 Å². The van der Waals surface area contributed by atoms with Gasteiger partial charge in [-0.05, 0) is 25.2 Å². The minimum atomic E-state index is 0.496. The van der Waals surface area contributed by atoms with Crippen LogP contribution in [0.15, 0.2) is 60.2 Å². The second-order valence-corrected chi connectivity index (χ2v) is 4.67. The molecule has 0 saturated heterocycles. The van der Waals surface area contributed by atoms with E-state index in [1.807, 2.05) is 0 Å². The van der Waals surface area contributed by atoms with Crippen LogP contribution in [0.5, 0.6) is 0 Å². The molecule has 1 aromatic carbocycles. The van der Waals surface area contributed by atoms with Crippen LogP contribution in [-0.2, 0) is 0 Å². The Morgan fingerprint density at radius 3 is 2.59 bits per heavy atom. The molecule has 0 heterocycles. The molecule has 0 spiro atoms. The van der Waals surface area contributed by atoms with E-state index in [0.717, 1.165) is 6.54 Å². The van der Waals surface area contributed by atoms with Crippen molar-refractivity contribution in [2.24, 2.45) is 5.92 Å². The standard InChI is InChI=1S/C16H19N/c1-17(2)13-16-11-7-6-10-15(16)12-14-8-4-3-5-9-14/h3-12,16H,13H2,1-2H3/b15-12+. The number of nitrogens with zero attached hydrogens (tertiary/aromatic N) is 1. The Morgan fingerprint density at radius 1 is 1.12 bits per heavy atom. The fourth-order valence-electron chi connectivity index (χ4n) is 2.06. The Labute approximate surface area is 104 Å². The van der Waals surface area contributed by atoms with E-state index in [4.69, 9.17) is 0 Å². The summed E-state index contributed by atoms with van der Waals surface area (Å²) in [4.78, 5) is 2.23. The molecule has 1 aliphatic carbocycles. The zero-order chi connectivity index (χ0) is 12.1. The van der Waals surface area contributed by atoms with Gasteiger partial charge in [-0.3, -0.25) is 0 Å². The summed E-state index contributed by atoms with van der Waals surface area (Å²) in [5, 5.41) is 0. The van der Waals surface area contributed by atoms with Gasteiger partial charge in [0.25, 0.3) is 0 Å². The summed E-state index contributed by atoms with van der Waals surface area (Å²) in [7, 11) is 4.23. The van der Waals surface area contributed by atoms with Gasteiger partial charge in [0.15, 0.2) is 0 Å². The molecule has 2 rings (SSSR count). The molecule has 1 unspecified atom stereocenters. The molecule has 0 bridgehead atoms. The maximum absolute atomic E-state index is 2.27. The molecule has 1 atom stereocenters. The topological polar surface area (TPSA) is 3.24 Å². The first kappa shape index (κ1) is 11.9. The second kappa shape index (κ2) is 5.65. The van der Waals surface area contributed by atoms with Crippen molar-refractivity contribution >= 4 is 6.08 Å². The number of benzene rings is 1. The van der Waals surface area contributed by atoms with Gasteiger partial charge in [-0.15, -0.1) is 0 Å². The fourth-order valence-corrected chi connectivity index (χ4v) is 2.06. The van der Waals surface area contributed by atoms with Gasteiger partial charge in [0, 0.05) is 12.5 Å². The van der Waals surface area contributed by atoms with Crippen LogP contribution in [0.3, 0.4) is 0 Å². The first-order chi connectivity index (χ1) is 8.25. The predicted octanol–water partition coefficient (Wildman–Crippen LogP) is 3.37. The highest BCUT2D eigenvalue weighted by atomic mass is 15.1. The van der Waals surface area contributed by atoms with Gasteiger partial charge in [0.2, 0.25) is 0 Å².